The summed E-state index contributed by atoms with van der Waals surface area (Å²) in [6.07, 6.45) is 4.25. The van der Waals surface area contributed by atoms with Gasteiger partial charge in [-0.05, 0) is 40.1 Å². The summed E-state index contributed by atoms with van der Waals surface area (Å²) in [5.74, 6) is 0. The molecule has 1 nitrogen and oxygen atoms in total. The van der Waals surface area contributed by atoms with Crippen molar-refractivity contribution in [2.75, 3.05) is 5.73 Å². The predicted octanol–water partition coefficient (Wildman–Crippen LogP) is 4.59. The van der Waals surface area contributed by atoms with Crippen LogP contribution in [0, 0.1) is 0 Å². The third-order valence-corrected chi connectivity index (χ3v) is 3.16. The van der Waals surface area contributed by atoms with Crippen LogP contribution in [0.5, 0.6) is 0 Å². The fraction of sp³-hybridized carbons (Fsp3) is 0. The van der Waals surface area contributed by atoms with Gasteiger partial charge in [-0.3, -0.25) is 0 Å². The van der Waals surface area contributed by atoms with E-state index in [-0.39, 0.29) is 0 Å². The van der Waals surface area contributed by atoms with Crippen molar-refractivity contribution in [1.82, 2.24) is 0 Å². The molecule has 19 heavy (non-hydrogen) atoms. The van der Waals surface area contributed by atoms with Crippen LogP contribution in [-0.4, -0.2) is 0 Å². The molecule has 0 saturated heterocycles. The first-order chi connectivity index (χ1) is 9.31. The maximum absolute atomic E-state index is 5.78. The van der Waals surface area contributed by atoms with E-state index in [0.717, 1.165) is 5.69 Å². The van der Waals surface area contributed by atoms with Crippen LogP contribution in [-0.2, 0) is 0 Å². The number of nitrogen functional groups attached to an aromatic ring is 1. The summed E-state index contributed by atoms with van der Waals surface area (Å²) in [6.45, 7) is 0. The summed E-state index contributed by atoms with van der Waals surface area (Å²) < 4.78 is 0. The molecule has 0 saturated carbocycles. The van der Waals surface area contributed by atoms with E-state index in [1.165, 1.54) is 21.9 Å². The number of rotatable bonds is 2. The van der Waals surface area contributed by atoms with Crippen LogP contribution >= 0.6 is 0 Å². The topological polar surface area (TPSA) is 26.0 Å². The van der Waals surface area contributed by atoms with Crippen molar-refractivity contribution in [1.29, 1.82) is 0 Å². The Hall–Kier alpha value is -2.54. The summed E-state index contributed by atoms with van der Waals surface area (Å²) in [4.78, 5) is 0. The second-order valence-electron chi connectivity index (χ2n) is 4.61. The van der Waals surface area contributed by atoms with E-state index in [9.17, 15) is 0 Å². The van der Waals surface area contributed by atoms with Crippen molar-refractivity contribution in [3.05, 3.63) is 77.9 Å². The smallest absolute Gasteiger partial charge is 0.0320 e. The highest BCUT2D eigenvalue weighted by molar-refractivity contribution is 5.88. The van der Waals surface area contributed by atoms with Crippen LogP contribution in [0.1, 0.15) is 11.1 Å². The molecule has 0 unspecified atom stereocenters. The van der Waals surface area contributed by atoms with Crippen LogP contribution in [0.4, 0.5) is 5.69 Å². The van der Waals surface area contributed by atoms with E-state index in [1.54, 1.807) is 0 Å². The molecule has 3 rings (SSSR count). The summed E-state index contributed by atoms with van der Waals surface area (Å²) in [7, 11) is 0. The number of fused-ring (bicyclic) bond motifs is 1. The van der Waals surface area contributed by atoms with Gasteiger partial charge in [0.2, 0.25) is 0 Å². The Balaban J connectivity index is 1.94. The Kier molecular flexibility index (Phi) is 3.03. The van der Waals surface area contributed by atoms with Crippen molar-refractivity contribution in [3.63, 3.8) is 0 Å². The molecular weight excluding hydrogens is 230 g/mol. The van der Waals surface area contributed by atoms with Gasteiger partial charge in [0.25, 0.3) is 0 Å². The lowest BCUT2D eigenvalue weighted by Gasteiger charge is -2.01. The van der Waals surface area contributed by atoms with E-state index in [1.807, 2.05) is 30.3 Å². The van der Waals surface area contributed by atoms with E-state index < -0.39 is 0 Å². The fourth-order valence-corrected chi connectivity index (χ4v) is 2.14. The van der Waals surface area contributed by atoms with Gasteiger partial charge >= 0.3 is 0 Å². The Morgan fingerprint density at radius 1 is 0.632 bits per heavy atom. The molecule has 0 amide bonds. The van der Waals surface area contributed by atoms with Crippen LogP contribution < -0.4 is 5.73 Å². The lowest BCUT2D eigenvalue weighted by molar-refractivity contribution is 1.66. The SMILES string of the molecule is Nc1ccc2cc(/C=C/c3ccccc3)ccc2c1. The van der Waals surface area contributed by atoms with Crippen LogP contribution in [0.25, 0.3) is 22.9 Å². The zero-order valence-electron chi connectivity index (χ0n) is 10.6. The van der Waals surface area contributed by atoms with E-state index in [2.05, 4.69) is 48.6 Å². The lowest BCUT2D eigenvalue weighted by atomic mass is 10.1. The number of anilines is 1. The molecule has 1 heteroatoms. The second kappa shape index (κ2) is 4.99. The monoisotopic (exact) mass is 245 g/mol. The average Bonchev–Trinajstić information content (AvgIpc) is 2.46. The minimum Gasteiger partial charge on any atom is -0.399 e. The van der Waals surface area contributed by atoms with Gasteiger partial charge in [-0.15, -0.1) is 0 Å². The fourth-order valence-electron chi connectivity index (χ4n) is 2.14. The highest BCUT2D eigenvalue weighted by Crippen LogP contribution is 2.20. The minimum absolute atomic E-state index is 0.806. The molecule has 0 radical (unpaired) electrons. The molecule has 0 spiro atoms. The normalized spacial score (nSPS) is 11.2. The quantitative estimate of drug-likeness (QED) is 0.518. The first kappa shape index (κ1) is 11.5. The highest BCUT2D eigenvalue weighted by Gasteiger charge is 1.95. The molecule has 0 fully saturated rings. The molecule has 3 aromatic carbocycles. The maximum Gasteiger partial charge on any atom is 0.0320 e. The number of benzene rings is 3. The molecule has 0 heterocycles. The summed E-state index contributed by atoms with van der Waals surface area (Å²) in [5.41, 5.74) is 8.99. The molecule has 0 bridgehead atoms. The van der Waals surface area contributed by atoms with Gasteiger partial charge in [0.1, 0.15) is 0 Å². The van der Waals surface area contributed by atoms with Gasteiger partial charge in [-0.2, -0.15) is 0 Å². The standard InChI is InChI=1S/C18H15N/c19-18-11-10-16-12-15(8-9-17(16)13-18)7-6-14-4-2-1-3-5-14/h1-13H,19H2/b7-6+. The van der Waals surface area contributed by atoms with Crippen LogP contribution in [0.3, 0.4) is 0 Å². The van der Waals surface area contributed by atoms with E-state index >= 15 is 0 Å². The van der Waals surface area contributed by atoms with Crippen LogP contribution in [0.2, 0.25) is 0 Å². The average molecular weight is 245 g/mol. The molecule has 0 aliphatic carbocycles. The maximum atomic E-state index is 5.78. The molecule has 3 aromatic rings. The summed E-state index contributed by atoms with van der Waals surface area (Å²) in [5, 5.41) is 2.39. The Morgan fingerprint density at radius 2 is 1.32 bits per heavy atom. The van der Waals surface area contributed by atoms with Crippen molar-refractivity contribution in [2.24, 2.45) is 0 Å². The molecule has 0 atom stereocenters. The summed E-state index contributed by atoms with van der Waals surface area (Å²) >= 11 is 0. The first-order valence-corrected chi connectivity index (χ1v) is 6.34. The van der Waals surface area contributed by atoms with Gasteiger partial charge in [0.05, 0.1) is 0 Å². The van der Waals surface area contributed by atoms with Crippen LogP contribution in [0.15, 0.2) is 66.7 Å². The largest absolute Gasteiger partial charge is 0.399 e. The molecule has 92 valence electrons. The number of hydrogen-bond donors (Lipinski definition) is 1. The van der Waals surface area contributed by atoms with Gasteiger partial charge in [0.15, 0.2) is 0 Å². The van der Waals surface area contributed by atoms with Crippen molar-refractivity contribution in [3.8, 4) is 0 Å². The Bertz CT molecular complexity index is 727. The zero-order valence-corrected chi connectivity index (χ0v) is 10.6. The van der Waals surface area contributed by atoms with Gasteiger partial charge in [0, 0.05) is 5.69 Å². The third-order valence-electron chi connectivity index (χ3n) is 3.16. The zero-order chi connectivity index (χ0) is 13.1. The predicted molar refractivity (Wildman–Crippen MR) is 83.7 cm³/mol. The minimum atomic E-state index is 0.806. The lowest BCUT2D eigenvalue weighted by Crippen LogP contribution is -1.83. The van der Waals surface area contributed by atoms with Gasteiger partial charge in [-0.1, -0.05) is 60.7 Å². The van der Waals surface area contributed by atoms with Crippen molar-refractivity contribution >= 4 is 28.6 Å². The summed E-state index contributed by atoms with van der Waals surface area (Å²) in [6, 6.07) is 22.7. The van der Waals surface area contributed by atoms with Crippen molar-refractivity contribution in [2.45, 2.75) is 0 Å². The third kappa shape index (κ3) is 2.66. The second-order valence-corrected chi connectivity index (χ2v) is 4.61. The number of nitrogens with two attached hydrogens (primary N) is 1. The van der Waals surface area contributed by atoms with Gasteiger partial charge < -0.3 is 5.73 Å². The van der Waals surface area contributed by atoms with E-state index in [4.69, 9.17) is 5.73 Å². The van der Waals surface area contributed by atoms with Gasteiger partial charge in [-0.25, -0.2) is 0 Å². The molecule has 0 aliphatic heterocycles. The molecule has 0 aliphatic rings. The number of hydrogen-bond acceptors (Lipinski definition) is 1. The molecule has 2 N–H and O–H groups in total. The first-order valence-electron chi connectivity index (χ1n) is 6.34. The van der Waals surface area contributed by atoms with E-state index in [0.29, 0.717) is 0 Å². The Morgan fingerprint density at radius 3 is 2.16 bits per heavy atom. The molecular formula is C18H15N. The van der Waals surface area contributed by atoms with Crippen molar-refractivity contribution < 1.29 is 0 Å². The molecule has 0 aromatic heterocycles. The highest BCUT2D eigenvalue weighted by atomic mass is 14.5. The Labute approximate surface area is 113 Å².